The fraction of sp³-hybridized carbons (Fsp3) is 0.808. The largest absolute Gasteiger partial charge is 0.411 e. The van der Waals surface area contributed by atoms with E-state index in [-0.39, 0.29) is 16.0 Å². The second kappa shape index (κ2) is 9.98. The number of hydrogen-bond donors (Lipinski definition) is 1. The minimum Gasteiger partial charge on any atom is -0.411 e. The predicted molar refractivity (Wildman–Crippen MR) is 141 cm³/mol. The maximum absolute atomic E-state index is 15.2. The molecule has 0 amide bonds. The average Bonchev–Trinajstić information content (AvgIpc) is 2.58. The summed E-state index contributed by atoms with van der Waals surface area (Å²) in [5, 5.41) is 0.0370. The van der Waals surface area contributed by atoms with Crippen LogP contribution in [0.3, 0.4) is 0 Å². The zero-order chi connectivity index (χ0) is 26.3. The van der Waals surface area contributed by atoms with Gasteiger partial charge in [-0.25, -0.2) is 8.93 Å². The van der Waals surface area contributed by atoms with Crippen LogP contribution in [0, 0.1) is 17.3 Å². The predicted octanol–water partition coefficient (Wildman–Crippen LogP) is 7.38. The highest BCUT2D eigenvalue weighted by Crippen LogP contribution is 2.49. The van der Waals surface area contributed by atoms with E-state index >= 15 is 4.39 Å². The van der Waals surface area contributed by atoms with E-state index in [1.807, 2.05) is 41.5 Å². The van der Waals surface area contributed by atoms with Crippen LogP contribution in [-0.2, 0) is 21.8 Å². The Morgan fingerprint density at radius 3 is 2.06 bits per heavy atom. The van der Waals surface area contributed by atoms with Gasteiger partial charge in [-0.2, -0.15) is 13.8 Å². The molecule has 34 heavy (non-hydrogen) atoms. The topological polar surface area (TPSA) is 51.2 Å². The molecule has 1 heterocycles. The number of hydrogen-bond acceptors (Lipinski definition) is 3. The quantitative estimate of drug-likeness (QED) is 0.290. The number of halogens is 2. The summed E-state index contributed by atoms with van der Waals surface area (Å²) in [6, 6.07) is 0.982. The molecular formula is C26H46F2N2O2SSi. The van der Waals surface area contributed by atoms with E-state index in [0.717, 1.165) is 19.3 Å². The Hall–Kier alpha value is -0.703. The number of nitrogens with one attached hydrogen (secondary N) is 1. The lowest BCUT2D eigenvalue weighted by molar-refractivity contribution is -0.0338. The molecule has 0 aromatic carbocycles. The molecule has 1 fully saturated rings. The van der Waals surface area contributed by atoms with Crippen molar-refractivity contribution in [2.75, 3.05) is 0 Å². The highest BCUT2D eigenvalue weighted by molar-refractivity contribution is 7.84. The van der Waals surface area contributed by atoms with E-state index in [1.165, 1.54) is 0 Å². The van der Waals surface area contributed by atoms with Crippen LogP contribution in [0.15, 0.2) is 6.07 Å². The number of nitrogens with zero attached hydrogens (tertiary/aromatic N) is 1. The van der Waals surface area contributed by atoms with Gasteiger partial charge in [0.25, 0.3) is 0 Å². The van der Waals surface area contributed by atoms with Gasteiger partial charge in [0.15, 0.2) is 8.32 Å². The summed E-state index contributed by atoms with van der Waals surface area (Å²) in [5.74, 6) is -1.62. The van der Waals surface area contributed by atoms with E-state index in [0.29, 0.717) is 18.4 Å². The van der Waals surface area contributed by atoms with Crippen molar-refractivity contribution in [1.29, 1.82) is 0 Å². The van der Waals surface area contributed by atoms with Crippen LogP contribution in [0.5, 0.6) is 0 Å². The molecule has 1 saturated carbocycles. The van der Waals surface area contributed by atoms with Crippen molar-refractivity contribution in [1.82, 2.24) is 9.71 Å². The highest BCUT2D eigenvalue weighted by Gasteiger charge is 2.49. The van der Waals surface area contributed by atoms with Crippen molar-refractivity contribution in [3.8, 4) is 0 Å². The van der Waals surface area contributed by atoms with Crippen LogP contribution >= 0.6 is 0 Å². The summed E-state index contributed by atoms with van der Waals surface area (Å²) < 4.78 is 52.4. The Morgan fingerprint density at radius 2 is 1.65 bits per heavy atom. The number of rotatable bonds is 8. The van der Waals surface area contributed by atoms with Crippen molar-refractivity contribution in [3.05, 3.63) is 29.1 Å². The van der Waals surface area contributed by atoms with Crippen molar-refractivity contribution in [3.63, 3.8) is 0 Å². The van der Waals surface area contributed by atoms with Crippen molar-refractivity contribution in [2.24, 2.45) is 5.41 Å². The molecular weight excluding hydrogens is 470 g/mol. The summed E-state index contributed by atoms with van der Waals surface area (Å²) in [5.41, 5.74) is 0.0528. The first-order valence-corrected chi connectivity index (χ1v) is 16.4. The Balaban J connectivity index is 2.51. The van der Waals surface area contributed by atoms with Gasteiger partial charge in [-0.05, 0) is 82.5 Å². The third kappa shape index (κ3) is 7.40. The standard InChI is InChI=1S/C26H46F2N2O2SSi/c1-23(2,3)16-18-15-19(22(28)29-21(18)27)20(30-33(31)24(4,5)6)17-26(13-12-14-26)32-34(10,11)25(7,8)9/h15,20,30H,12-14,16-17H2,1-11H3/t20?,33-/m0/s1. The molecule has 2 atom stereocenters. The molecule has 8 heteroatoms. The van der Waals surface area contributed by atoms with Gasteiger partial charge >= 0.3 is 0 Å². The molecule has 1 aliphatic rings. The summed E-state index contributed by atoms with van der Waals surface area (Å²) in [4.78, 5) is 3.63. The van der Waals surface area contributed by atoms with Gasteiger partial charge in [-0.15, -0.1) is 0 Å². The first-order valence-electron chi connectivity index (χ1n) is 12.4. The van der Waals surface area contributed by atoms with E-state index in [4.69, 9.17) is 4.43 Å². The molecule has 1 aliphatic carbocycles. The molecule has 1 aromatic rings. The first kappa shape index (κ1) is 29.5. The van der Waals surface area contributed by atoms with Gasteiger partial charge < -0.3 is 4.43 Å². The van der Waals surface area contributed by atoms with Crippen molar-refractivity contribution < 1.29 is 17.4 Å². The molecule has 0 spiro atoms. The number of pyridine rings is 1. The van der Waals surface area contributed by atoms with Gasteiger partial charge in [0.2, 0.25) is 11.9 Å². The minimum absolute atomic E-state index is 0.0370. The molecule has 0 radical (unpaired) electrons. The molecule has 0 bridgehead atoms. The SMILES string of the molecule is CC(C)(C)Cc1cc(C(CC2(O[Si](C)(C)C(C)(C)C)CCC2)N[S@@](=O)C(C)(C)C)c(F)nc1F. The third-order valence-electron chi connectivity index (χ3n) is 7.05. The fourth-order valence-corrected chi connectivity index (χ4v) is 6.47. The molecule has 2 rings (SSSR count). The van der Waals surface area contributed by atoms with Gasteiger partial charge in [-0.3, -0.25) is 0 Å². The fourth-order valence-electron chi connectivity index (χ4n) is 3.98. The first-order chi connectivity index (χ1) is 15.2. The molecule has 1 aromatic heterocycles. The van der Waals surface area contributed by atoms with Crippen LogP contribution in [0.4, 0.5) is 8.78 Å². The van der Waals surface area contributed by atoms with E-state index in [1.54, 1.807) is 6.07 Å². The summed E-state index contributed by atoms with van der Waals surface area (Å²) in [7, 11) is -3.53. The summed E-state index contributed by atoms with van der Waals surface area (Å²) >= 11 is 0. The zero-order valence-corrected chi connectivity index (χ0v) is 24.9. The van der Waals surface area contributed by atoms with Crippen molar-refractivity contribution >= 4 is 19.3 Å². The van der Waals surface area contributed by atoms with Crippen LogP contribution in [0.2, 0.25) is 18.1 Å². The van der Waals surface area contributed by atoms with Gasteiger partial charge in [0, 0.05) is 11.1 Å². The molecule has 4 nitrogen and oxygen atoms in total. The maximum atomic E-state index is 15.2. The lowest BCUT2D eigenvalue weighted by Gasteiger charge is -2.51. The minimum atomic E-state index is -2.09. The van der Waals surface area contributed by atoms with Crippen LogP contribution in [0.1, 0.15) is 105 Å². The molecule has 0 aliphatic heterocycles. The molecule has 0 saturated heterocycles. The maximum Gasteiger partial charge on any atom is 0.220 e. The normalized spacial score (nSPS) is 19.0. The lowest BCUT2D eigenvalue weighted by atomic mass is 9.75. The van der Waals surface area contributed by atoms with E-state index in [2.05, 4.69) is 43.6 Å². The highest BCUT2D eigenvalue weighted by atomic mass is 32.2. The number of aromatic nitrogens is 1. The Bertz CT molecular complexity index is 898. The van der Waals surface area contributed by atoms with Crippen LogP contribution in [-0.4, -0.2) is 27.9 Å². The van der Waals surface area contributed by atoms with Crippen molar-refractivity contribution in [2.45, 2.75) is 129 Å². The Kier molecular flexibility index (Phi) is 8.67. The average molecular weight is 517 g/mol. The van der Waals surface area contributed by atoms with Gasteiger partial charge in [0.05, 0.1) is 27.4 Å². The zero-order valence-electron chi connectivity index (χ0n) is 23.1. The van der Waals surface area contributed by atoms with E-state index < -0.39 is 47.6 Å². The van der Waals surface area contributed by atoms with E-state index in [9.17, 15) is 8.60 Å². The van der Waals surface area contributed by atoms with Crippen LogP contribution < -0.4 is 4.72 Å². The molecule has 1 N–H and O–H groups in total. The summed E-state index contributed by atoms with van der Waals surface area (Å²) in [6.45, 7) is 22.7. The monoisotopic (exact) mass is 516 g/mol. The lowest BCUT2D eigenvalue weighted by Crippen LogP contribution is -2.54. The van der Waals surface area contributed by atoms with Gasteiger partial charge in [-0.1, -0.05) is 41.5 Å². The van der Waals surface area contributed by atoms with Gasteiger partial charge in [0.1, 0.15) is 0 Å². The smallest absolute Gasteiger partial charge is 0.220 e. The second-order valence-corrected chi connectivity index (χ2v) is 20.4. The Morgan fingerprint density at radius 1 is 1.09 bits per heavy atom. The second-order valence-electron chi connectivity index (χ2n) is 13.7. The van der Waals surface area contributed by atoms with Crippen LogP contribution in [0.25, 0.3) is 0 Å². The molecule has 1 unspecified atom stereocenters. The Labute approximate surface area is 209 Å². The summed E-state index contributed by atoms with van der Waals surface area (Å²) in [6.07, 6.45) is 3.71. The molecule has 196 valence electrons. The third-order valence-corrected chi connectivity index (χ3v) is 13.2.